The fourth-order valence-electron chi connectivity index (χ4n) is 4.47. The highest BCUT2D eigenvalue weighted by Crippen LogP contribution is 2.29. The Kier molecular flexibility index (Phi) is 7.37. The van der Waals surface area contributed by atoms with Crippen LogP contribution in [0, 0.1) is 6.92 Å². The van der Waals surface area contributed by atoms with Gasteiger partial charge in [0.1, 0.15) is 11.6 Å². The van der Waals surface area contributed by atoms with Crippen LogP contribution in [0.3, 0.4) is 0 Å². The second-order valence-electron chi connectivity index (χ2n) is 9.43. The molecule has 39 heavy (non-hydrogen) atoms. The van der Waals surface area contributed by atoms with Crippen LogP contribution in [0.15, 0.2) is 57.9 Å². The first kappa shape index (κ1) is 26.0. The molecule has 1 atom stereocenters. The van der Waals surface area contributed by atoms with Crippen LogP contribution in [0.4, 0.5) is 17.6 Å². The smallest absolute Gasteiger partial charge is 0.276 e. The Morgan fingerprint density at radius 2 is 1.87 bits per heavy atom. The molecule has 0 unspecified atom stereocenters. The summed E-state index contributed by atoms with van der Waals surface area (Å²) >= 11 is 0. The summed E-state index contributed by atoms with van der Waals surface area (Å²) in [5.41, 5.74) is 1.91. The molecular weight excluding hydrogens is 498 g/mol. The van der Waals surface area contributed by atoms with Crippen LogP contribution in [-0.4, -0.2) is 46.2 Å². The number of aryl methyl sites for hydroxylation is 1. The molecule has 4 aromatic heterocycles. The molecule has 3 N–H and O–H groups in total. The van der Waals surface area contributed by atoms with Crippen LogP contribution in [-0.2, 0) is 6.54 Å². The van der Waals surface area contributed by atoms with Crippen molar-refractivity contribution in [2.45, 2.75) is 52.7 Å². The number of benzene rings is 1. The quantitative estimate of drug-likeness (QED) is 0.240. The average molecular weight is 530 g/mol. The number of nitrogens with zero attached hydrogens (tertiary/aromatic N) is 7. The molecule has 12 nitrogen and oxygen atoms in total. The van der Waals surface area contributed by atoms with Gasteiger partial charge in [0.05, 0.1) is 23.6 Å². The summed E-state index contributed by atoms with van der Waals surface area (Å²) in [6.07, 6.45) is 2.41. The van der Waals surface area contributed by atoms with E-state index in [1.54, 1.807) is 29.9 Å². The summed E-state index contributed by atoms with van der Waals surface area (Å²) in [6.45, 7) is 8.23. The van der Waals surface area contributed by atoms with E-state index in [2.05, 4.69) is 30.8 Å². The molecule has 0 spiro atoms. The zero-order valence-electron chi connectivity index (χ0n) is 22.3. The highest BCUT2D eigenvalue weighted by Gasteiger charge is 2.20. The van der Waals surface area contributed by atoms with Gasteiger partial charge in [-0.2, -0.15) is 4.98 Å². The van der Waals surface area contributed by atoms with Gasteiger partial charge in [0.2, 0.25) is 11.8 Å². The van der Waals surface area contributed by atoms with E-state index in [-0.39, 0.29) is 30.0 Å². The Bertz CT molecular complexity index is 1640. The molecule has 0 saturated heterocycles. The zero-order chi connectivity index (χ0) is 27.5. The van der Waals surface area contributed by atoms with Crippen LogP contribution in [0.5, 0.6) is 0 Å². The topological polar surface area (TPSA) is 149 Å². The molecule has 0 fully saturated rings. The van der Waals surface area contributed by atoms with Gasteiger partial charge in [-0.25, -0.2) is 14.6 Å². The molecule has 0 saturated carbocycles. The normalized spacial score (nSPS) is 12.3. The molecule has 0 aliphatic heterocycles. The molecule has 202 valence electrons. The molecule has 4 heterocycles. The van der Waals surface area contributed by atoms with E-state index >= 15 is 0 Å². The van der Waals surface area contributed by atoms with Gasteiger partial charge in [0.15, 0.2) is 5.65 Å². The molecule has 0 amide bonds. The van der Waals surface area contributed by atoms with Crippen LogP contribution in [0.2, 0.25) is 0 Å². The number of anilines is 3. The summed E-state index contributed by atoms with van der Waals surface area (Å²) in [7, 11) is 0. The summed E-state index contributed by atoms with van der Waals surface area (Å²) < 4.78 is 9.30. The van der Waals surface area contributed by atoms with Crippen molar-refractivity contribution < 1.29 is 9.52 Å². The lowest BCUT2D eigenvalue weighted by atomic mass is 10.1. The van der Waals surface area contributed by atoms with Crippen molar-refractivity contribution >= 4 is 28.6 Å². The van der Waals surface area contributed by atoms with E-state index in [1.165, 1.54) is 0 Å². The van der Waals surface area contributed by atoms with Gasteiger partial charge in [-0.15, -0.1) is 10.2 Å². The molecule has 5 rings (SSSR count). The summed E-state index contributed by atoms with van der Waals surface area (Å²) in [6, 6.07) is 12.7. The number of rotatable bonds is 10. The minimum Gasteiger partial charge on any atom is -0.421 e. The van der Waals surface area contributed by atoms with Crippen molar-refractivity contribution in [1.29, 1.82) is 0 Å². The minimum absolute atomic E-state index is 0.0436. The Labute approximate surface area is 224 Å². The predicted molar refractivity (Wildman–Crippen MR) is 148 cm³/mol. The lowest BCUT2D eigenvalue weighted by molar-refractivity contribution is 0.276. The molecule has 0 bridgehead atoms. The number of aromatic nitrogens is 7. The highest BCUT2D eigenvalue weighted by molar-refractivity contribution is 5.77. The van der Waals surface area contributed by atoms with Gasteiger partial charge < -0.3 is 20.2 Å². The van der Waals surface area contributed by atoms with Crippen LogP contribution in [0.25, 0.3) is 22.5 Å². The van der Waals surface area contributed by atoms with Crippen molar-refractivity contribution in [3.05, 3.63) is 70.5 Å². The van der Waals surface area contributed by atoms with Crippen molar-refractivity contribution in [2.24, 2.45) is 0 Å². The average Bonchev–Trinajstić information content (AvgIpc) is 3.48. The Morgan fingerprint density at radius 3 is 2.54 bits per heavy atom. The number of fused-ring (bicyclic) bond motifs is 1. The van der Waals surface area contributed by atoms with E-state index < -0.39 is 6.04 Å². The number of aliphatic hydroxyl groups is 1. The first-order chi connectivity index (χ1) is 18.9. The Balaban J connectivity index is 1.53. The van der Waals surface area contributed by atoms with Gasteiger partial charge >= 0.3 is 0 Å². The fraction of sp³-hybridized carbons (Fsp3) is 0.333. The predicted octanol–water partition coefficient (Wildman–Crippen LogP) is 4.23. The molecular formula is C27H31N9O3. The second-order valence-corrected chi connectivity index (χ2v) is 9.43. The summed E-state index contributed by atoms with van der Waals surface area (Å²) in [5, 5.41) is 25.2. The van der Waals surface area contributed by atoms with Crippen molar-refractivity contribution in [3.8, 4) is 11.5 Å². The highest BCUT2D eigenvalue weighted by atomic mass is 16.4. The first-order valence-corrected chi connectivity index (χ1v) is 12.9. The molecule has 0 radical (unpaired) electrons. The Morgan fingerprint density at radius 1 is 1.08 bits per heavy atom. The SMILES string of the molecule is CCCn1c(=O)c2ccc(Nc3ncc(-c4nnc(C)o4)c(N[C@H](CO)c4ccccc4)n3)nc2n1C(C)C. The van der Waals surface area contributed by atoms with Gasteiger partial charge in [0, 0.05) is 25.7 Å². The van der Waals surface area contributed by atoms with E-state index in [4.69, 9.17) is 9.40 Å². The van der Waals surface area contributed by atoms with Gasteiger partial charge in [0.25, 0.3) is 11.4 Å². The van der Waals surface area contributed by atoms with E-state index in [0.717, 1.165) is 12.0 Å². The molecule has 0 aliphatic rings. The maximum Gasteiger partial charge on any atom is 0.276 e. The third-order valence-electron chi connectivity index (χ3n) is 6.22. The second kappa shape index (κ2) is 11.0. The standard InChI is InChI=1S/C27H31N9O3/c1-5-13-35-26(38)19-11-12-22(30-24(19)36(35)16(2)3)31-27-28-14-20(25-34-33-17(4)39-25)23(32-27)29-21(15-37)18-9-7-6-8-10-18/h6-12,14,16,21,37H,5,13,15H2,1-4H3,(H2,28,29,30,31,32)/t21-/m1/s1. The molecule has 1 aromatic carbocycles. The number of nitrogens with one attached hydrogen (secondary N) is 2. The number of hydrogen-bond acceptors (Lipinski definition) is 10. The maximum atomic E-state index is 13.0. The van der Waals surface area contributed by atoms with Gasteiger partial charge in [-0.05, 0) is 38.0 Å². The van der Waals surface area contributed by atoms with Crippen molar-refractivity contribution in [3.63, 3.8) is 0 Å². The van der Waals surface area contributed by atoms with Crippen LogP contribution >= 0.6 is 0 Å². The number of pyridine rings is 1. The zero-order valence-corrected chi connectivity index (χ0v) is 22.3. The van der Waals surface area contributed by atoms with Crippen molar-refractivity contribution in [2.75, 3.05) is 17.2 Å². The summed E-state index contributed by atoms with van der Waals surface area (Å²) in [4.78, 5) is 26.9. The fourth-order valence-corrected chi connectivity index (χ4v) is 4.47. The van der Waals surface area contributed by atoms with Gasteiger partial charge in [-0.3, -0.25) is 9.48 Å². The lowest BCUT2D eigenvalue weighted by Crippen LogP contribution is -2.24. The third-order valence-corrected chi connectivity index (χ3v) is 6.22. The third kappa shape index (κ3) is 5.23. The first-order valence-electron chi connectivity index (χ1n) is 12.9. The van der Waals surface area contributed by atoms with E-state index in [0.29, 0.717) is 40.7 Å². The van der Waals surface area contributed by atoms with Gasteiger partial charge in [-0.1, -0.05) is 37.3 Å². The minimum atomic E-state index is -0.440. The monoisotopic (exact) mass is 529 g/mol. The largest absolute Gasteiger partial charge is 0.421 e. The Hall–Kier alpha value is -4.58. The van der Waals surface area contributed by atoms with Crippen LogP contribution in [0.1, 0.15) is 50.7 Å². The molecule has 5 aromatic rings. The maximum absolute atomic E-state index is 13.0. The summed E-state index contributed by atoms with van der Waals surface area (Å²) in [5.74, 6) is 1.81. The number of hydrogen-bond donors (Lipinski definition) is 3. The van der Waals surface area contributed by atoms with Crippen LogP contribution < -0.4 is 16.2 Å². The number of aliphatic hydroxyl groups excluding tert-OH is 1. The van der Waals surface area contributed by atoms with E-state index in [9.17, 15) is 9.90 Å². The lowest BCUT2D eigenvalue weighted by Gasteiger charge is -2.19. The molecule has 12 heteroatoms. The van der Waals surface area contributed by atoms with Crippen molar-refractivity contribution in [1.82, 2.24) is 34.5 Å². The van der Waals surface area contributed by atoms with E-state index in [1.807, 2.05) is 55.8 Å². The molecule has 0 aliphatic carbocycles.